The highest BCUT2D eigenvalue weighted by atomic mass is 16.5. The van der Waals surface area contributed by atoms with Gasteiger partial charge in [-0.05, 0) is 33.2 Å². The lowest BCUT2D eigenvalue weighted by atomic mass is 10.2. The van der Waals surface area contributed by atoms with Crippen molar-refractivity contribution in [3.05, 3.63) is 36.5 Å². The number of ether oxygens (including phenoxy) is 1. The Morgan fingerprint density at radius 3 is 2.68 bits per heavy atom. The number of carbonyl (C=O) groups is 1. The predicted octanol–water partition coefficient (Wildman–Crippen LogP) is 2.55. The predicted molar refractivity (Wildman–Crippen MR) is 108 cm³/mol. The number of hydrogen-bond donors (Lipinski definition) is 2. The summed E-state index contributed by atoms with van der Waals surface area (Å²) in [6, 6.07) is 9.34. The SMILES string of the molecule is CC1CN(CCCCNC(=O)Nc2nncc(-c3ccccc3)n2)CC(C)O1. The maximum Gasteiger partial charge on any atom is 0.321 e. The monoisotopic (exact) mass is 384 g/mol. The first-order chi connectivity index (χ1) is 13.6. The smallest absolute Gasteiger partial charge is 0.321 e. The van der Waals surface area contributed by atoms with Gasteiger partial charge in [0.1, 0.15) is 0 Å². The minimum Gasteiger partial charge on any atom is -0.373 e. The molecule has 1 fully saturated rings. The van der Waals surface area contributed by atoms with Crippen LogP contribution in [-0.2, 0) is 4.74 Å². The summed E-state index contributed by atoms with van der Waals surface area (Å²) >= 11 is 0. The molecule has 28 heavy (non-hydrogen) atoms. The quantitative estimate of drug-likeness (QED) is 0.713. The highest BCUT2D eigenvalue weighted by Crippen LogP contribution is 2.15. The molecule has 1 aromatic carbocycles. The van der Waals surface area contributed by atoms with Crippen molar-refractivity contribution in [2.45, 2.75) is 38.9 Å². The largest absolute Gasteiger partial charge is 0.373 e. The molecule has 0 aliphatic carbocycles. The number of morpholine rings is 1. The number of anilines is 1. The Morgan fingerprint density at radius 1 is 1.18 bits per heavy atom. The zero-order valence-corrected chi connectivity index (χ0v) is 16.5. The fraction of sp³-hybridized carbons (Fsp3) is 0.500. The molecule has 8 heteroatoms. The molecule has 2 aromatic rings. The van der Waals surface area contributed by atoms with Gasteiger partial charge in [-0.15, -0.1) is 5.10 Å². The van der Waals surface area contributed by atoms with Gasteiger partial charge in [0.25, 0.3) is 5.95 Å². The minimum atomic E-state index is -0.319. The topological polar surface area (TPSA) is 92.3 Å². The van der Waals surface area contributed by atoms with Crippen molar-refractivity contribution in [2.24, 2.45) is 0 Å². The molecule has 0 bridgehead atoms. The molecule has 1 aliphatic heterocycles. The molecular weight excluding hydrogens is 356 g/mol. The summed E-state index contributed by atoms with van der Waals surface area (Å²) in [5, 5.41) is 13.3. The zero-order chi connectivity index (χ0) is 19.8. The molecule has 0 spiro atoms. The van der Waals surface area contributed by atoms with Crippen LogP contribution in [0.25, 0.3) is 11.3 Å². The van der Waals surface area contributed by atoms with Crippen LogP contribution in [0.5, 0.6) is 0 Å². The minimum absolute atomic E-state index is 0.190. The number of hydrogen-bond acceptors (Lipinski definition) is 6. The summed E-state index contributed by atoms with van der Waals surface area (Å²) in [7, 11) is 0. The van der Waals surface area contributed by atoms with Crippen LogP contribution in [0.1, 0.15) is 26.7 Å². The van der Waals surface area contributed by atoms with Gasteiger partial charge in [0.05, 0.1) is 24.1 Å². The highest BCUT2D eigenvalue weighted by Gasteiger charge is 2.21. The third-order valence-corrected chi connectivity index (χ3v) is 4.54. The van der Waals surface area contributed by atoms with Crippen LogP contribution in [0.15, 0.2) is 36.5 Å². The van der Waals surface area contributed by atoms with E-state index in [1.54, 1.807) is 6.20 Å². The standard InChI is InChI=1S/C20H28N6O2/c1-15-13-26(14-16(2)28-15)11-7-6-10-21-20(27)24-19-23-18(12-22-25-19)17-8-4-3-5-9-17/h3-5,8-9,12,15-16H,6-7,10-11,13-14H2,1-2H3,(H2,21,23,24,25,27). The van der Waals surface area contributed by atoms with E-state index in [2.05, 4.69) is 44.6 Å². The van der Waals surface area contributed by atoms with E-state index in [9.17, 15) is 4.79 Å². The molecule has 8 nitrogen and oxygen atoms in total. The summed E-state index contributed by atoms with van der Waals surface area (Å²) in [5.74, 6) is 0.190. The maximum atomic E-state index is 12.1. The molecule has 0 saturated carbocycles. The average molecular weight is 384 g/mol. The van der Waals surface area contributed by atoms with Crippen molar-refractivity contribution >= 4 is 12.0 Å². The van der Waals surface area contributed by atoms with Crippen LogP contribution < -0.4 is 10.6 Å². The molecule has 2 atom stereocenters. The van der Waals surface area contributed by atoms with E-state index >= 15 is 0 Å². The number of carbonyl (C=O) groups excluding carboxylic acids is 1. The van der Waals surface area contributed by atoms with Crippen molar-refractivity contribution < 1.29 is 9.53 Å². The maximum absolute atomic E-state index is 12.1. The molecule has 1 aliphatic rings. The van der Waals surface area contributed by atoms with Crippen LogP contribution in [0.2, 0.25) is 0 Å². The molecular formula is C20H28N6O2. The van der Waals surface area contributed by atoms with E-state index in [1.807, 2.05) is 30.3 Å². The lowest BCUT2D eigenvalue weighted by Crippen LogP contribution is -2.45. The van der Waals surface area contributed by atoms with Crippen molar-refractivity contribution in [3.63, 3.8) is 0 Å². The average Bonchev–Trinajstić information content (AvgIpc) is 2.68. The summed E-state index contributed by atoms with van der Waals surface area (Å²) in [6.07, 6.45) is 4.09. The van der Waals surface area contributed by atoms with Gasteiger partial charge in [0.15, 0.2) is 0 Å². The van der Waals surface area contributed by atoms with Crippen LogP contribution in [0.3, 0.4) is 0 Å². The number of urea groups is 1. The van der Waals surface area contributed by atoms with E-state index in [0.717, 1.165) is 38.0 Å². The number of benzene rings is 1. The summed E-state index contributed by atoms with van der Waals surface area (Å²) in [6.45, 7) is 7.79. The van der Waals surface area contributed by atoms with Gasteiger partial charge in [-0.25, -0.2) is 9.78 Å². The second-order valence-electron chi connectivity index (χ2n) is 7.14. The number of unbranched alkanes of at least 4 members (excludes halogenated alkanes) is 1. The Bertz CT molecular complexity index is 747. The van der Waals surface area contributed by atoms with E-state index < -0.39 is 0 Å². The zero-order valence-electron chi connectivity index (χ0n) is 16.5. The Kier molecular flexibility index (Phi) is 7.27. The molecule has 2 unspecified atom stereocenters. The van der Waals surface area contributed by atoms with Gasteiger partial charge in [-0.1, -0.05) is 30.3 Å². The molecule has 1 saturated heterocycles. The van der Waals surface area contributed by atoms with Gasteiger partial charge in [-0.3, -0.25) is 10.2 Å². The first-order valence-electron chi connectivity index (χ1n) is 9.78. The molecule has 1 aromatic heterocycles. The Labute approximate surface area is 165 Å². The number of nitrogens with one attached hydrogen (secondary N) is 2. The van der Waals surface area contributed by atoms with E-state index in [-0.39, 0.29) is 24.2 Å². The molecule has 3 rings (SSSR count). The van der Waals surface area contributed by atoms with Crippen molar-refractivity contribution in [3.8, 4) is 11.3 Å². The van der Waals surface area contributed by atoms with Gasteiger partial charge >= 0.3 is 6.03 Å². The molecule has 2 amide bonds. The van der Waals surface area contributed by atoms with E-state index in [0.29, 0.717) is 12.2 Å². The summed E-state index contributed by atoms with van der Waals surface area (Å²) in [4.78, 5) is 18.8. The molecule has 0 radical (unpaired) electrons. The van der Waals surface area contributed by atoms with E-state index in [1.165, 1.54) is 0 Å². The van der Waals surface area contributed by atoms with Crippen molar-refractivity contribution in [1.82, 2.24) is 25.4 Å². The van der Waals surface area contributed by atoms with Gasteiger partial charge in [0.2, 0.25) is 0 Å². The third-order valence-electron chi connectivity index (χ3n) is 4.54. The number of nitrogens with zero attached hydrogens (tertiary/aromatic N) is 4. The van der Waals surface area contributed by atoms with Crippen molar-refractivity contribution in [2.75, 3.05) is 31.5 Å². The lowest BCUT2D eigenvalue weighted by molar-refractivity contribution is -0.0681. The second kappa shape index (κ2) is 10.1. The Morgan fingerprint density at radius 2 is 1.93 bits per heavy atom. The fourth-order valence-corrected chi connectivity index (χ4v) is 3.38. The van der Waals surface area contributed by atoms with Crippen LogP contribution in [0, 0.1) is 0 Å². The molecule has 2 heterocycles. The van der Waals surface area contributed by atoms with E-state index in [4.69, 9.17) is 4.74 Å². The van der Waals surface area contributed by atoms with Crippen molar-refractivity contribution in [1.29, 1.82) is 0 Å². The summed E-state index contributed by atoms with van der Waals surface area (Å²) < 4.78 is 5.74. The van der Waals surface area contributed by atoms with Gasteiger partial charge in [0, 0.05) is 25.2 Å². The molecule has 2 N–H and O–H groups in total. The first-order valence-corrected chi connectivity index (χ1v) is 9.78. The summed E-state index contributed by atoms with van der Waals surface area (Å²) in [5.41, 5.74) is 1.59. The van der Waals surface area contributed by atoms with Crippen LogP contribution in [0.4, 0.5) is 10.7 Å². The van der Waals surface area contributed by atoms with Crippen LogP contribution in [-0.4, -0.2) is 64.5 Å². The Balaban J connectivity index is 1.37. The van der Waals surface area contributed by atoms with Gasteiger partial charge < -0.3 is 10.1 Å². The highest BCUT2D eigenvalue weighted by molar-refractivity contribution is 5.87. The van der Waals surface area contributed by atoms with Gasteiger partial charge in [-0.2, -0.15) is 5.10 Å². The first kappa shape index (κ1) is 20.2. The normalized spacial score (nSPS) is 19.9. The number of aromatic nitrogens is 3. The second-order valence-corrected chi connectivity index (χ2v) is 7.14. The number of rotatable bonds is 7. The van der Waals surface area contributed by atoms with Crippen LogP contribution >= 0.6 is 0 Å². The fourth-order valence-electron chi connectivity index (χ4n) is 3.38. The third kappa shape index (κ3) is 6.24. The number of amides is 2. The Hall–Kier alpha value is -2.58. The lowest BCUT2D eigenvalue weighted by Gasteiger charge is -2.35. The molecule has 150 valence electrons.